The molecule has 0 aromatic carbocycles. The van der Waals surface area contributed by atoms with Crippen LogP contribution in [0, 0.1) is 13.8 Å². The average Bonchev–Trinajstić information content (AvgIpc) is 3.39. The topological polar surface area (TPSA) is 79.7 Å². The number of aromatic nitrogens is 5. The number of aryl methyl sites for hydroxylation is 3. The number of piperidine rings is 1. The molecule has 0 saturated carbocycles. The van der Waals surface area contributed by atoms with E-state index in [-0.39, 0.29) is 24.9 Å². The summed E-state index contributed by atoms with van der Waals surface area (Å²) in [5.74, 6) is -0.106. The highest BCUT2D eigenvalue weighted by Gasteiger charge is 2.35. The third-order valence-corrected chi connectivity index (χ3v) is 5.94. The van der Waals surface area contributed by atoms with Crippen molar-refractivity contribution in [2.45, 2.75) is 58.3 Å². The van der Waals surface area contributed by atoms with Gasteiger partial charge in [0.2, 0.25) is 5.91 Å². The number of carbonyl (C=O) groups is 1. The molecule has 10 heteroatoms. The van der Waals surface area contributed by atoms with Crippen LogP contribution in [0.3, 0.4) is 0 Å². The van der Waals surface area contributed by atoms with Gasteiger partial charge in [0.1, 0.15) is 0 Å². The van der Waals surface area contributed by atoms with Crippen molar-refractivity contribution in [3.05, 3.63) is 53.4 Å². The third-order valence-electron chi connectivity index (χ3n) is 5.94. The Bertz CT molecular complexity index is 1100. The lowest BCUT2D eigenvalue weighted by molar-refractivity contribution is -0.141. The van der Waals surface area contributed by atoms with Crippen LogP contribution >= 0.6 is 0 Å². The summed E-state index contributed by atoms with van der Waals surface area (Å²) in [6, 6.07) is 2.77. The number of rotatable bonds is 5. The zero-order chi connectivity index (χ0) is 22.9. The number of nitrogens with zero attached hydrogens (tertiary/aromatic N) is 5. The van der Waals surface area contributed by atoms with Gasteiger partial charge in [-0.25, -0.2) is 0 Å². The number of H-pyrrole nitrogens is 1. The lowest BCUT2D eigenvalue weighted by Crippen LogP contribution is -2.39. The Kier molecular flexibility index (Phi) is 6.03. The molecule has 1 fully saturated rings. The maximum atomic E-state index is 13.1. The standard InChI is InChI=1S/C22H25F3N6O/c1-14-12-26-8-6-16(14)17-13-27-28-21(17)18-5-3-4-9-30(18)20(32)7-10-31-15(2)11-19(29-31)22(23,24)25/h6,8,11-13,18H,3-5,7,9-10H2,1-2H3,(H,27,28). The molecular formula is C22H25F3N6O. The fraction of sp³-hybridized carbons (Fsp3) is 0.455. The van der Waals surface area contributed by atoms with Crippen molar-refractivity contribution in [1.82, 2.24) is 29.9 Å². The number of carbonyl (C=O) groups excluding carboxylic acids is 1. The summed E-state index contributed by atoms with van der Waals surface area (Å²) in [4.78, 5) is 19.1. The first-order chi connectivity index (χ1) is 15.3. The minimum absolute atomic E-state index is 0.0775. The lowest BCUT2D eigenvalue weighted by atomic mass is 9.93. The van der Waals surface area contributed by atoms with Crippen molar-refractivity contribution in [3.63, 3.8) is 0 Å². The van der Waals surface area contributed by atoms with Crippen LogP contribution in [0.25, 0.3) is 11.1 Å². The van der Waals surface area contributed by atoms with Crippen LogP contribution in [0.4, 0.5) is 13.2 Å². The van der Waals surface area contributed by atoms with Crippen molar-refractivity contribution < 1.29 is 18.0 Å². The zero-order valence-electron chi connectivity index (χ0n) is 18.0. The predicted molar refractivity (Wildman–Crippen MR) is 111 cm³/mol. The van der Waals surface area contributed by atoms with E-state index in [2.05, 4.69) is 20.3 Å². The molecule has 1 N–H and O–H groups in total. The van der Waals surface area contributed by atoms with Gasteiger partial charge in [0.25, 0.3) is 0 Å². The van der Waals surface area contributed by atoms with Crippen LogP contribution in [0.5, 0.6) is 0 Å². The number of halogens is 3. The first-order valence-corrected chi connectivity index (χ1v) is 10.6. The largest absolute Gasteiger partial charge is 0.435 e. The highest BCUT2D eigenvalue weighted by atomic mass is 19.4. The molecule has 3 aromatic rings. The Hall–Kier alpha value is -3.17. The molecule has 1 saturated heterocycles. The van der Waals surface area contributed by atoms with Gasteiger partial charge in [-0.15, -0.1) is 0 Å². The minimum Gasteiger partial charge on any atom is -0.334 e. The summed E-state index contributed by atoms with van der Waals surface area (Å²) >= 11 is 0. The molecule has 0 radical (unpaired) electrons. The Morgan fingerprint density at radius 1 is 1.22 bits per heavy atom. The normalized spacial score (nSPS) is 17.0. The molecule has 4 heterocycles. The van der Waals surface area contributed by atoms with E-state index in [1.54, 1.807) is 25.5 Å². The molecule has 1 aliphatic heterocycles. The third kappa shape index (κ3) is 4.39. The second kappa shape index (κ2) is 8.76. The Morgan fingerprint density at radius 3 is 2.75 bits per heavy atom. The van der Waals surface area contributed by atoms with E-state index >= 15 is 0 Å². The highest BCUT2D eigenvalue weighted by Crippen LogP contribution is 2.37. The molecule has 4 rings (SSSR count). The SMILES string of the molecule is Cc1cnccc1-c1cn[nH]c1C1CCCCN1C(=O)CCn1nc(C(F)(F)F)cc1C. The van der Waals surface area contributed by atoms with Gasteiger partial charge in [-0.1, -0.05) is 0 Å². The van der Waals surface area contributed by atoms with Gasteiger partial charge in [0.15, 0.2) is 5.69 Å². The smallest absolute Gasteiger partial charge is 0.334 e. The summed E-state index contributed by atoms with van der Waals surface area (Å²) in [5, 5.41) is 10.9. The molecule has 1 atom stereocenters. The van der Waals surface area contributed by atoms with Crippen LogP contribution in [-0.4, -0.2) is 42.3 Å². The van der Waals surface area contributed by atoms with Crippen molar-refractivity contribution in [2.24, 2.45) is 0 Å². The van der Waals surface area contributed by atoms with Crippen LogP contribution in [0.2, 0.25) is 0 Å². The van der Waals surface area contributed by atoms with E-state index in [1.165, 1.54) is 4.68 Å². The highest BCUT2D eigenvalue weighted by molar-refractivity contribution is 5.77. The molecule has 1 amide bonds. The summed E-state index contributed by atoms with van der Waals surface area (Å²) in [6.07, 6.45) is 3.52. The Morgan fingerprint density at radius 2 is 2.03 bits per heavy atom. The number of alkyl halides is 3. The average molecular weight is 446 g/mol. The number of aromatic amines is 1. The van der Waals surface area contributed by atoms with E-state index < -0.39 is 11.9 Å². The molecule has 7 nitrogen and oxygen atoms in total. The Labute approximate surface area is 183 Å². The molecular weight excluding hydrogens is 421 g/mol. The lowest BCUT2D eigenvalue weighted by Gasteiger charge is -2.36. The fourth-order valence-corrected chi connectivity index (χ4v) is 4.29. The van der Waals surface area contributed by atoms with Gasteiger partial charge in [-0.3, -0.25) is 19.6 Å². The zero-order valence-corrected chi connectivity index (χ0v) is 18.0. The Balaban J connectivity index is 1.53. The van der Waals surface area contributed by atoms with E-state index in [0.29, 0.717) is 12.2 Å². The maximum absolute atomic E-state index is 13.1. The second-order valence-electron chi connectivity index (χ2n) is 8.13. The molecule has 1 aliphatic rings. The molecule has 0 aliphatic carbocycles. The van der Waals surface area contributed by atoms with Crippen molar-refractivity contribution in [3.8, 4) is 11.1 Å². The number of likely N-dealkylation sites (tertiary alicyclic amines) is 1. The van der Waals surface area contributed by atoms with E-state index in [9.17, 15) is 18.0 Å². The van der Waals surface area contributed by atoms with Gasteiger partial charge < -0.3 is 4.90 Å². The first-order valence-electron chi connectivity index (χ1n) is 10.6. The van der Waals surface area contributed by atoms with Gasteiger partial charge in [-0.05, 0) is 56.4 Å². The quantitative estimate of drug-likeness (QED) is 0.628. The molecule has 1 unspecified atom stereocenters. The number of hydrogen-bond acceptors (Lipinski definition) is 4. The number of hydrogen-bond donors (Lipinski definition) is 1. The van der Waals surface area contributed by atoms with Crippen molar-refractivity contribution >= 4 is 5.91 Å². The molecule has 32 heavy (non-hydrogen) atoms. The summed E-state index contributed by atoms with van der Waals surface area (Å²) in [6.45, 7) is 4.24. The van der Waals surface area contributed by atoms with Gasteiger partial charge in [0, 0.05) is 43.2 Å². The van der Waals surface area contributed by atoms with Gasteiger partial charge >= 0.3 is 6.18 Å². The number of pyridine rings is 1. The predicted octanol–water partition coefficient (Wildman–Crippen LogP) is 4.45. The minimum atomic E-state index is -4.50. The van der Waals surface area contributed by atoms with E-state index in [4.69, 9.17) is 0 Å². The van der Waals surface area contributed by atoms with Crippen LogP contribution in [0.1, 0.15) is 54.4 Å². The maximum Gasteiger partial charge on any atom is 0.435 e. The van der Waals surface area contributed by atoms with E-state index in [1.807, 2.05) is 17.9 Å². The van der Waals surface area contributed by atoms with Crippen LogP contribution in [-0.2, 0) is 17.5 Å². The van der Waals surface area contributed by atoms with E-state index in [0.717, 1.165) is 47.7 Å². The van der Waals surface area contributed by atoms with Gasteiger partial charge in [-0.2, -0.15) is 23.4 Å². The van der Waals surface area contributed by atoms with Crippen molar-refractivity contribution in [2.75, 3.05) is 6.54 Å². The first kappa shape index (κ1) is 22.0. The number of nitrogens with one attached hydrogen (secondary N) is 1. The monoisotopic (exact) mass is 446 g/mol. The summed E-state index contributed by atoms with van der Waals surface area (Å²) < 4.78 is 40.0. The van der Waals surface area contributed by atoms with Crippen LogP contribution < -0.4 is 0 Å². The summed E-state index contributed by atoms with van der Waals surface area (Å²) in [5.41, 5.74) is 3.28. The second-order valence-corrected chi connectivity index (χ2v) is 8.13. The summed E-state index contributed by atoms with van der Waals surface area (Å²) in [7, 11) is 0. The van der Waals surface area contributed by atoms with Crippen molar-refractivity contribution in [1.29, 1.82) is 0 Å². The molecule has 3 aromatic heterocycles. The molecule has 0 bridgehead atoms. The fourth-order valence-electron chi connectivity index (χ4n) is 4.29. The number of amides is 1. The van der Waals surface area contributed by atoms with Gasteiger partial charge in [0.05, 0.1) is 17.9 Å². The molecule has 170 valence electrons. The van der Waals surface area contributed by atoms with Crippen LogP contribution in [0.15, 0.2) is 30.7 Å². The molecule has 0 spiro atoms.